The van der Waals surface area contributed by atoms with Gasteiger partial charge in [-0.1, -0.05) is 51.4 Å². The Morgan fingerprint density at radius 1 is 0.553 bits per heavy atom. The van der Waals surface area contributed by atoms with Crippen molar-refractivity contribution in [3.8, 4) is 0 Å². The number of Topliss-reactive ketones (excluding diaryl/α,β-unsaturated/α-hetero) is 1. The Kier molecular flexibility index (Phi) is 22.3. The molecule has 0 aromatic rings. The predicted molar refractivity (Wildman–Crippen MR) is 154 cm³/mol. The van der Waals surface area contributed by atoms with E-state index in [-0.39, 0.29) is 29.6 Å². The van der Waals surface area contributed by atoms with Crippen LogP contribution in [0.4, 0.5) is 0 Å². The number of nitrogens with one attached hydrogen (secondary N) is 1. The molecule has 13 nitrogen and oxygen atoms in total. The third-order valence-corrected chi connectivity index (χ3v) is 5.86. The molecule has 13 heteroatoms. The Hall–Kier alpha value is -3.09. The highest BCUT2D eigenvalue weighted by atomic mass is 16.7. The molecule has 1 atom stereocenters. The molecule has 0 aliphatic rings. The number of guanidine groups is 3. The number of carbonyl (C=O) groups is 2. The first-order valence-corrected chi connectivity index (χ1v) is 13.9. The molecule has 220 valence electrons. The summed E-state index contributed by atoms with van der Waals surface area (Å²) in [4.78, 5) is 42.0. The van der Waals surface area contributed by atoms with E-state index in [9.17, 15) is 9.59 Å². The second-order valence-electron chi connectivity index (χ2n) is 9.42. The number of rotatable bonds is 25. The smallest absolute Gasteiger partial charge is 0.324 e. The van der Waals surface area contributed by atoms with Crippen LogP contribution in [0, 0.1) is 0 Å². The van der Waals surface area contributed by atoms with E-state index < -0.39 is 6.04 Å². The van der Waals surface area contributed by atoms with Crippen LogP contribution < -0.4 is 39.9 Å². The van der Waals surface area contributed by atoms with Crippen molar-refractivity contribution >= 4 is 29.6 Å². The largest absolute Gasteiger partial charge is 0.370 e. The second-order valence-corrected chi connectivity index (χ2v) is 9.42. The first kappa shape index (κ1) is 34.9. The van der Waals surface area contributed by atoms with E-state index in [0.717, 1.165) is 77.0 Å². The zero-order valence-electron chi connectivity index (χ0n) is 23.0. The highest BCUT2D eigenvalue weighted by Gasteiger charge is 2.19. The number of nitrogens with two attached hydrogens (primary N) is 6. The van der Waals surface area contributed by atoms with Gasteiger partial charge in [0.25, 0.3) is 0 Å². The van der Waals surface area contributed by atoms with E-state index in [1.165, 1.54) is 0 Å². The van der Waals surface area contributed by atoms with Gasteiger partial charge in [-0.2, -0.15) is 0 Å². The maximum atomic E-state index is 12.8. The minimum atomic E-state index is -0.571. The third-order valence-electron chi connectivity index (χ3n) is 5.86. The van der Waals surface area contributed by atoms with Crippen molar-refractivity contribution in [3.05, 3.63) is 0 Å². The molecule has 0 amide bonds. The summed E-state index contributed by atoms with van der Waals surface area (Å²) in [7, 11) is 0. The van der Waals surface area contributed by atoms with E-state index in [1.807, 2.05) is 0 Å². The summed E-state index contributed by atoms with van der Waals surface area (Å²) in [6, 6.07) is -0.571. The minimum Gasteiger partial charge on any atom is -0.370 e. The molecule has 0 radical (unpaired) electrons. The molecule has 0 aromatic carbocycles. The number of nitrogens with zero attached hydrogens (tertiary/aromatic N) is 3. The lowest BCUT2D eigenvalue weighted by Gasteiger charge is -2.17. The van der Waals surface area contributed by atoms with Crippen molar-refractivity contribution in [1.29, 1.82) is 0 Å². The molecule has 0 aromatic heterocycles. The monoisotopic (exact) mass is 540 g/mol. The molecule has 0 spiro atoms. The van der Waals surface area contributed by atoms with Gasteiger partial charge < -0.3 is 39.2 Å². The lowest BCUT2D eigenvalue weighted by atomic mass is 10.0. The van der Waals surface area contributed by atoms with Crippen LogP contribution in [0.15, 0.2) is 15.0 Å². The number of hydrogen-bond acceptors (Lipinski definition) is 7. The zero-order chi connectivity index (χ0) is 28.4. The van der Waals surface area contributed by atoms with Gasteiger partial charge in [0.1, 0.15) is 6.04 Å². The molecule has 0 saturated carbocycles. The molecule has 0 saturated heterocycles. The molecular weight excluding hydrogens is 488 g/mol. The molecule has 0 heterocycles. The minimum absolute atomic E-state index is 0.0133. The fourth-order valence-electron chi connectivity index (χ4n) is 3.77. The van der Waals surface area contributed by atoms with Gasteiger partial charge >= 0.3 is 5.97 Å². The quantitative estimate of drug-likeness (QED) is 0.0375. The van der Waals surface area contributed by atoms with E-state index in [2.05, 4.69) is 20.5 Å². The average Bonchev–Trinajstić information content (AvgIpc) is 2.85. The van der Waals surface area contributed by atoms with Gasteiger partial charge in [0.05, 0.1) is 0 Å². The van der Waals surface area contributed by atoms with Crippen LogP contribution in [-0.4, -0.2) is 55.3 Å². The first-order valence-electron chi connectivity index (χ1n) is 13.9. The van der Waals surface area contributed by atoms with Gasteiger partial charge in [0, 0.05) is 32.5 Å². The van der Waals surface area contributed by atoms with Crippen LogP contribution in [0.25, 0.3) is 0 Å². The molecule has 13 N–H and O–H groups in total. The second kappa shape index (κ2) is 24.3. The topological polar surface area (TPSA) is 249 Å². The Morgan fingerprint density at radius 2 is 0.947 bits per heavy atom. The van der Waals surface area contributed by atoms with Crippen molar-refractivity contribution in [3.63, 3.8) is 0 Å². The molecule has 0 fully saturated rings. The molecule has 0 rings (SSSR count). The maximum Gasteiger partial charge on any atom is 0.324 e. The number of hydroxylamine groups is 1. The van der Waals surface area contributed by atoms with Crippen molar-refractivity contribution in [2.24, 2.45) is 49.4 Å². The molecule has 0 bridgehead atoms. The van der Waals surface area contributed by atoms with Gasteiger partial charge in [-0.3, -0.25) is 24.6 Å². The Balaban J connectivity index is 4.19. The Bertz CT molecular complexity index is 716. The fourth-order valence-corrected chi connectivity index (χ4v) is 3.77. The van der Waals surface area contributed by atoms with Crippen LogP contribution in [0.5, 0.6) is 0 Å². The van der Waals surface area contributed by atoms with Gasteiger partial charge in [0.15, 0.2) is 23.7 Å². The molecule has 1 unspecified atom stereocenters. The van der Waals surface area contributed by atoms with Gasteiger partial charge in [-0.15, -0.1) is 5.48 Å². The van der Waals surface area contributed by atoms with Crippen molar-refractivity contribution in [2.45, 2.75) is 109 Å². The van der Waals surface area contributed by atoms with Crippen molar-refractivity contribution in [2.75, 3.05) is 19.6 Å². The Labute approximate surface area is 227 Å². The van der Waals surface area contributed by atoms with Crippen LogP contribution in [0.2, 0.25) is 0 Å². The van der Waals surface area contributed by atoms with Gasteiger partial charge in [0.2, 0.25) is 0 Å². The first-order chi connectivity index (χ1) is 18.2. The number of aliphatic imine (C=N–C) groups is 3. The van der Waals surface area contributed by atoms with Gasteiger partial charge in [-0.05, 0) is 38.5 Å². The SMILES string of the molecule is NC(N)=NCCCCCCCCC(=O)ONC(CCCN=C(N)N)C(=O)CCCCCCCCN=C(N)N. The highest BCUT2D eigenvalue weighted by Crippen LogP contribution is 2.11. The van der Waals surface area contributed by atoms with Crippen LogP contribution in [-0.2, 0) is 14.4 Å². The fraction of sp³-hybridized carbons (Fsp3) is 0.800. The summed E-state index contributed by atoms with van der Waals surface area (Å²) >= 11 is 0. The summed E-state index contributed by atoms with van der Waals surface area (Å²) in [5, 5.41) is 0. The number of ketones is 1. The molecule has 38 heavy (non-hydrogen) atoms. The summed E-state index contributed by atoms with van der Waals surface area (Å²) in [5.74, 6) is -0.0757. The maximum absolute atomic E-state index is 12.8. The summed E-state index contributed by atoms with van der Waals surface area (Å²) in [6.07, 6.45) is 13.4. The standard InChI is InChI=1S/C25H52N10O3/c26-23(27)32-17-11-7-3-1-5-9-15-21(36)20(14-13-19-34-25(30)31)35-38-22(37)16-10-6-2-4-8-12-18-33-24(28)29/h20,35H,1-19H2,(H4,26,27,32)(H4,28,29,33)(H4,30,31,34). The lowest BCUT2D eigenvalue weighted by Crippen LogP contribution is -2.38. The normalized spacial score (nSPS) is 11.4. The van der Waals surface area contributed by atoms with Crippen LogP contribution in [0.1, 0.15) is 103 Å². The zero-order valence-corrected chi connectivity index (χ0v) is 23.0. The van der Waals surface area contributed by atoms with Crippen molar-refractivity contribution < 1.29 is 14.4 Å². The van der Waals surface area contributed by atoms with Crippen LogP contribution in [0.3, 0.4) is 0 Å². The molecule has 0 aliphatic carbocycles. The van der Waals surface area contributed by atoms with Crippen molar-refractivity contribution in [1.82, 2.24) is 5.48 Å². The predicted octanol–water partition coefficient (Wildman–Crippen LogP) is 1.03. The van der Waals surface area contributed by atoms with E-state index in [4.69, 9.17) is 39.2 Å². The molecular formula is C25H52N10O3. The number of hydrogen-bond donors (Lipinski definition) is 7. The third kappa shape index (κ3) is 24.6. The summed E-state index contributed by atoms with van der Waals surface area (Å²) < 4.78 is 0. The number of carbonyl (C=O) groups excluding carboxylic acids is 2. The van der Waals surface area contributed by atoms with E-state index in [1.54, 1.807) is 0 Å². The van der Waals surface area contributed by atoms with E-state index >= 15 is 0 Å². The van der Waals surface area contributed by atoms with Crippen LogP contribution >= 0.6 is 0 Å². The average molecular weight is 541 g/mol. The summed E-state index contributed by atoms with van der Waals surface area (Å²) in [6.45, 7) is 1.70. The van der Waals surface area contributed by atoms with Gasteiger partial charge in [-0.25, -0.2) is 0 Å². The summed E-state index contributed by atoms with van der Waals surface area (Å²) in [5.41, 5.74) is 34.6. The number of unbranched alkanes of at least 4 members (excludes halogenated alkanes) is 10. The molecule has 0 aliphatic heterocycles. The Morgan fingerprint density at radius 3 is 1.42 bits per heavy atom. The lowest BCUT2D eigenvalue weighted by molar-refractivity contribution is -0.154. The highest BCUT2D eigenvalue weighted by molar-refractivity contribution is 5.84. The van der Waals surface area contributed by atoms with E-state index in [0.29, 0.717) is 45.3 Å².